The van der Waals surface area contributed by atoms with E-state index in [1.165, 1.54) is 12.1 Å². The summed E-state index contributed by atoms with van der Waals surface area (Å²) >= 11 is 11.9. The summed E-state index contributed by atoms with van der Waals surface area (Å²) < 4.78 is 27.4. The summed E-state index contributed by atoms with van der Waals surface area (Å²) in [6.45, 7) is 1.72. The summed E-state index contributed by atoms with van der Waals surface area (Å²) in [5, 5.41) is 10.1. The number of hydrogen-bond acceptors (Lipinski definition) is 3. The van der Waals surface area contributed by atoms with E-state index in [0.29, 0.717) is 17.0 Å². The largest absolute Gasteiger partial charge is 0.393 e. The van der Waals surface area contributed by atoms with Gasteiger partial charge >= 0.3 is 0 Å². The van der Waals surface area contributed by atoms with E-state index in [1.807, 2.05) is 0 Å². The summed E-state index contributed by atoms with van der Waals surface area (Å²) in [4.78, 5) is 0.0288. The van der Waals surface area contributed by atoms with Gasteiger partial charge in [-0.3, -0.25) is 0 Å². The summed E-state index contributed by atoms with van der Waals surface area (Å²) in [6.07, 6.45) is 2.24. The molecule has 1 aromatic rings. The van der Waals surface area contributed by atoms with Gasteiger partial charge in [0.15, 0.2) is 0 Å². The van der Waals surface area contributed by atoms with Crippen LogP contribution in [-0.4, -0.2) is 25.7 Å². The standard InChI is InChI=1S/C13H17Cl2NO3S/c1-8-5-13(12(15)7-11(8)14)20(18,19)16-9-3-2-4-10(17)6-9/h5,7,9-10,16-17H,2-4,6H2,1H3/t9-,10+/m1/s1. The molecule has 1 saturated carbocycles. The predicted octanol–water partition coefficient (Wildman–Crippen LogP) is 2.88. The van der Waals surface area contributed by atoms with Crippen molar-refractivity contribution in [2.24, 2.45) is 0 Å². The molecule has 1 aliphatic rings. The van der Waals surface area contributed by atoms with E-state index in [4.69, 9.17) is 23.2 Å². The normalized spacial score (nSPS) is 23.8. The van der Waals surface area contributed by atoms with Crippen LogP contribution >= 0.6 is 23.2 Å². The number of aliphatic hydroxyl groups excluding tert-OH is 1. The van der Waals surface area contributed by atoms with Crippen molar-refractivity contribution in [3.63, 3.8) is 0 Å². The fraction of sp³-hybridized carbons (Fsp3) is 0.538. The van der Waals surface area contributed by atoms with Gasteiger partial charge in [0.1, 0.15) is 4.90 Å². The van der Waals surface area contributed by atoms with E-state index in [-0.39, 0.29) is 16.0 Å². The van der Waals surface area contributed by atoms with Crippen LogP contribution in [0.15, 0.2) is 17.0 Å². The van der Waals surface area contributed by atoms with E-state index in [2.05, 4.69) is 4.72 Å². The fourth-order valence-electron chi connectivity index (χ4n) is 2.39. The molecule has 0 amide bonds. The molecular weight excluding hydrogens is 321 g/mol. The van der Waals surface area contributed by atoms with Crippen LogP contribution in [0, 0.1) is 6.92 Å². The summed E-state index contributed by atoms with van der Waals surface area (Å²) in [6, 6.07) is 2.64. The molecule has 2 rings (SSSR count). The Bertz CT molecular complexity index is 604. The Morgan fingerprint density at radius 2 is 1.95 bits per heavy atom. The number of halogens is 2. The molecule has 0 aliphatic heterocycles. The molecular formula is C13H17Cl2NO3S. The highest BCUT2D eigenvalue weighted by Gasteiger charge is 2.27. The Balaban J connectivity index is 2.24. The molecule has 0 unspecified atom stereocenters. The van der Waals surface area contributed by atoms with Crippen molar-refractivity contribution in [1.82, 2.24) is 4.72 Å². The average Bonchev–Trinajstić information content (AvgIpc) is 2.33. The minimum Gasteiger partial charge on any atom is -0.393 e. The van der Waals surface area contributed by atoms with E-state index < -0.39 is 16.1 Å². The molecule has 0 aromatic heterocycles. The zero-order chi connectivity index (χ0) is 14.9. The number of hydrogen-bond donors (Lipinski definition) is 2. The van der Waals surface area contributed by atoms with Gasteiger partial charge in [0, 0.05) is 11.1 Å². The molecule has 2 atom stereocenters. The lowest BCUT2D eigenvalue weighted by atomic mass is 9.94. The van der Waals surface area contributed by atoms with Gasteiger partial charge in [0.25, 0.3) is 0 Å². The molecule has 0 bridgehead atoms. The number of nitrogens with one attached hydrogen (secondary N) is 1. The molecule has 0 saturated heterocycles. The Morgan fingerprint density at radius 1 is 1.25 bits per heavy atom. The Morgan fingerprint density at radius 3 is 2.60 bits per heavy atom. The van der Waals surface area contributed by atoms with Crippen LogP contribution in [0.5, 0.6) is 0 Å². The van der Waals surface area contributed by atoms with Crippen LogP contribution < -0.4 is 4.72 Å². The third kappa shape index (κ3) is 3.65. The Kier molecular flexibility index (Phi) is 4.97. The van der Waals surface area contributed by atoms with Gasteiger partial charge in [-0.15, -0.1) is 0 Å². The molecule has 4 nitrogen and oxygen atoms in total. The van der Waals surface area contributed by atoms with Gasteiger partial charge < -0.3 is 5.11 Å². The maximum absolute atomic E-state index is 12.4. The first-order chi connectivity index (χ1) is 9.29. The van der Waals surface area contributed by atoms with Crippen molar-refractivity contribution in [1.29, 1.82) is 0 Å². The molecule has 0 radical (unpaired) electrons. The summed E-state index contributed by atoms with van der Waals surface area (Å²) in [7, 11) is -3.70. The molecule has 1 aliphatic carbocycles. The lowest BCUT2D eigenvalue weighted by Crippen LogP contribution is -2.39. The van der Waals surface area contributed by atoms with Gasteiger partial charge in [-0.25, -0.2) is 13.1 Å². The SMILES string of the molecule is Cc1cc(S(=O)(=O)N[C@@H]2CCC[C@H](O)C2)c(Cl)cc1Cl. The van der Waals surface area contributed by atoms with Crippen molar-refractivity contribution in [3.05, 3.63) is 27.7 Å². The van der Waals surface area contributed by atoms with Crippen molar-refractivity contribution in [2.75, 3.05) is 0 Å². The second-order valence-electron chi connectivity index (χ2n) is 5.17. The first kappa shape index (κ1) is 16.0. The zero-order valence-electron chi connectivity index (χ0n) is 11.1. The lowest BCUT2D eigenvalue weighted by molar-refractivity contribution is 0.117. The van der Waals surface area contributed by atoms with Crippen molar-refractivity contribution in [3.8, 4) is 0 Å². The monoisotopic (exact) mass is 337 g/mol. The van der Waals surface area contributed by atoms with Crippen LogP contribution in [0.3, 0.4) is 0 Å². The highest BCUT2D eigenvalue weighted by Crippen LogP contribution is 2.29. The predicted molar refractivity (Wildman–Crippen MR) is 79.8 cm³/mol. The lowest BCUT2D eigenvalue weighted by Gasteiger charge is -2.26. The maximum Gasteiger partial charge on any atom is 0.242 e. The van der Waals surface area contributed by atoms with Gasteiger partial charge in [-0.2, -0.15) is 0 Å². The quantitative estimate of drug-likeness (QED) is 0.891. The number of sulfonamides is 1. The van der Waals surface area contributed by atoms with Crippen LogP contribution in [0.4, 0.5) is 0 Å². The first-order valence-corrected chi connectivity index (χ1v) is 8.69. The van der Waals surface area contributed by atoms with Gasteiger partial charge in [0.05, 0.1) is 11.1 Å². The Hall–Kier alpha value is -0.330. The molecule has 7 heteroatoms. The Labute approximate surface area is 129 Å². The number of aryl methyl sites for hydroxylation is 1. The maximum atomic E-state index is 12.4. The van der Waals surface area contributed by atoms with Gasteiger partial charge in [-0.1, -0.05) is 23.2 Å². The zero-order valence-corrected chi connectivity index (χ0v) is 13.4. The van der Waals surface area contributed by atoms with Crippen molar-refractivity contribution in [2.45, 2.75) is 49.6 Å². The molecule has 2 N–H and O–H groups in total. The third-order valence-electron chi connectivity index (χ3n) is 3.47. The van der Waals surface area contributed by atoms with Crippen molar-refractivity contribution >= 4 is 33.2 Å². The van der Waals surface area contributed by atoms with E-state index >= 15 is 0 Å². The van der Waals surface area contributed by atoms with E-state index in [9.17, 15) is 13.5 Å². The number of aliphatic hydroxyl groups is 1. The minimum absolute atomic E-state index is 0.0288. The molecule has 20 heavy (non-hydrogen) atoms. The van der Waals surface area contributed by atoms with Gasteiger partial charge in [-0.05, 0) is 50.3 Å². The van der Waals surface area contributed by atoms with E-state index in [1.54, 1.807) is 6.92 Å². The topological polar surface area (TPSA) is 66.4 Å². The number of rotatable bonds is 3. The minimum atomic E-state index is -3.70. The molecule has 0 heterocycles. The molecule has 1 fully saturated rings. The van der Waals surface area contributed by atoms with Crippen LogP contribution in [0.2, 0.25) is 10.0 Å². The molecule has 112 valence electrons. The second-order valence-corrected chi connectivity index (χ2v) is 7.67. The van der Waals surface area contributed by atoms with Gasteiger partial charge in [0.2, 0.25) is 10.0 Å². The average molecular weight is 338 g/mol. The smallest absolute Gasteiger partial charge is 0.242 e. The highest BCUT2D eigenvalue weighted by molar-refractivity contribution is 7.89. The van der Waals surface area contributed by atoms with Crippen molar-refractivity contribution < 1.29 is 13.5 Å². The second kappa shape index (κ2) is 6.20. The first-order valence-electron chi connectivity index (χ1n) is 6.45. The molecule has 1 aromatic carbocycles. The summed E-state index contributed by atoms with van der Waals surface area (Å²) in [5.41, 5.74) is 0.653. The van der Waals surface area contributed by atoms with Crippen LogP contribution in [0.1, 0.15) is 31.2 Å². The van der Waals surface area contributed by atoms with E-state index in [0.717, 1.165) is 19.3 Å². The third-order valence-corrected chi connectivity index (χ3v) is 5.86. The fourth-order valence-corrected chi connectivity index (χ4v) is 4.51. The highest BCUT2D eigenvalue weighted by atomic mass is 35.5. The summed E-state index contributed by atoms with van der Waals surface area (Å²) in [5.74, 6) is 0. The van der Waals surface area contributed by atoms with Crippen LogP contribution in [-0.2, 0) is 10.0 Å². The van der Waals surface area contributed by atoms with Crippen LogP contribution in [0.25, 0.3) is 0 Å². The number of benzene rings is 1. The molecule has 0 spiro atoms.